The number of aliphatic hydroxyl groups is 1. The number of benzene rings is 1. The van der Waals surface area contributed by atoms with E-state index in [2.05, 4.69) is 0 Å². The molecule has 0 radical (unpaired) electrons. The quantitative estimate of drug-likeness (QED) is 0.854. The number of hydrogen-bond donors (Lipinski definition) is 1. The Morgan fingerprint density at radius 3 is 2.88 bits per heavy atom. The fourth-order valence-electron chi connectivity index (χ4n) is 2.17. The minimum Gasteiger partial charge on any atom is -0.494 e. The third-order valence-electron chi connectivity index (χ3n) is 3.11. The second kappa shape index (κ2) is 5.32. The molecule has 17 heavy (non-hydrogen) atoms. The minimum atomic E-state index is -0.405. The summed E-state index contributed by atoms with van der Waals surface area (Å²) in [5, 5.41) is 9.70. The number of methoxy groups -OCH3 is 1. The van der Waals surface area contributed by atoms with Gasteiger partial charge in [-0.15, -0.1) is 0 Å². The number of ether oxygens (including phenoxy) is 1. The van der Waals surface area contributed by atoms with Gasteiger partial charge in [0.1, 0.15) is 0 Å². The van der Waals surface area contributed by atoms with E-state index in [-0.39, 0.29) is 11.6 Å². The lowest BCUT2D eigenvalue weighted by Crippen LogP contribution is -2.00. The van der Waals surface area contributed by atoms with E-state index in [0.717, 1.165) is 36.8 Å². The van der Waals surface area contributed by atoms with E-state index in [0.29, 0.717) is 0 Å². The highest BCUT2D eigenvalue weighted by atomic mass is 19.1. The van der Waals surface area contributed by atoms with E-state index < -0.39 is 6.10 Å². The highest BCUT2D eigenvalue weighted by Gasteiger charge is 2.12. The summed E-state index contributed by atoms with van der Waals surface area (Å²) in [5.41, 5.74) is 1.86. The number of rotatable bonds is 2. The van der Waals surface area contributed by atoms with Crippen molar-refractivity contribution in [1.29, 1.82) is 0 Å². The van der Waals surface area contributed by atoms with Crippen LogP contribution < -0.4 is 4.74 Å². The van der Waals surface area contributed by atoms with Crippen LogP contribution in [0.4, 0.5) is 4.39 Å². The first-order valence-electron chi connectivity index (χ1n) is 5.93. The van der Waals surface area contributed by atoms with Crippen LogP contribution in [0.1, 0.15) is 31.2 Å². The standard InChI is InChI=1S/C14H17FO2/c1-17-14-7-6-11(9-13(14)15)10-4-2-3-5-12(16)8-10/h6-9,12,16H,2-5H2,1H3. The molecule has 1 aliphatic carbocycles. The molecular weight excluding hydrogens is 219 g/mol. The summed E-state index contributed by atoms with van der Waals surface area (Å²) in [6.07, 6.45) is 5.17. The molecule has 1 aromatic carbocycles. The molecule has 2 rings (SSSR count). The van der Waals surface area contributed by atoms with Gasteiger partial charge in [0, 0.05) is 0 Å². The lowest BCUT2D eigenvalue weighted by atomic mass is 10.0. The Morgan fingerprint density at radius 2 is 2.18 bits per heavy atom. The van der Waals surface area contributed by atoms with Crippen molar-refractivity contribution in [3.05, 3.63) is 35.7 Å². The first kappa shape index (κ1) is 12.1. The Labute approximate surface area is 101 Å². The van der Waals surface area contributed by atoms with Crippen LogP contribution in [-0.4, -0.2) is 18.3 Å². The summed E-state index contributed by atoms with van der Waals surface area (Å²) in [7, 11) is 1.45. The highest BCUT2D eigenvalue weighted by Crippen LogP contribution is 2.28. The molecule has 1 aromatic rings. The normalized spacial score (nSPS) is 20.6. The zero-order chi connectivity index (χ0) is 12.3. The van der Waals surface area contributed by atoms with E-state index in [1.807, 2.05) is 12.1 Å². The molecule has 1 atom stereocenters. The maximum absolute atomic E-state index is 13.6. The first-order chi connectivity index (χ1) is 8.20. The second-order valence-electron chi connectivity index (χ2n) is 4.35. The average Bonchev–Trinajstić information content (AvgIpc) is 2.54. The SMILES string of the molecule is COc1ccc(C2=CC(O)CCCC2)cc1F. The summed E-state index contributed by atoms with van der Waals surface area (Å²) < 4.78 is 18.5. The van der Waals surface area contributed by atoms with Gasteiger partial charge >= 0.3 is 0 Å². The van der Waals surface area contributed by atoms with Gasteiger partial charge in [0.2, 0.25) is 0 Å². The van der Waals surface area contributed by atoms with Crippen LogP contribution in [0, 0.1) is 5.82 Å². The molecular formula is C14H17FO2. The second-order valence-corrected chi connectivity index (χ2v) is 4.35. The maximum atomic E-state index is 13.6. The van der Waals surface area contributed by atoms with Crippen LogP contribution >= 0.6 is 0 Å². The Bertz CT molecular complexity index is 426. The molecule has 3 heteroatoms. The van der Waals surface area contributed by atoms with Crippen LogP contribution in [-0.2, 0) is 0 Å². The molecule has 0 saturated carbocycles. The van der Waals surface area contributed by atoms with Crippen molar-refractivity contribution < 1.29 is 14.2 Å². The molecule has 92 valence electrons. The van der Waals surface area contributed by atoms with Crippen molar-refractivity contribution in [2.75, 3.05) is 7.11 Å². The smallest absolute Gasteiger partial charge is 0.165 e. The Hall–Kier alpha value is -1.35. The summed E-state index contributed by atoms with van der Waals surface area (Å²) >= 11 is 0. The van der Waals surface area contributed by atoms with E-state index in [1.54, 1.807) is 6.07 Å². The van der Waals surface area contributed by atoms with Gasteiger partial charge in [0.25, 0.3) is 0 Å². The van der Waals surface area contributed by atoms with Crippen molar-refractivity contribution in [3.8, 4) is 5.75 Å². The molecule has 0 aliphatic heterocycles. The molecule has 0 spiro atoms. The highest BCUT2D eigenvalue weighted by molar-refractivity contribution is 5.67. The van der Waals surface area contributed by atoms with Gasteiger partial charge < -0.3 is 9.84 Å². The minimum absolute atomic E-state index is 0.253. The molecule has 1 N–H and O–H groups in total. The average molecular weight is 236 g/mol. The number of allylic oxidation sites excluding steroid dienone is 1. The van der Waals surface area contributed by atoms with Crippen molar-refractivity contribution >= 4 is 5.57 Å². The van der Waals surface area contributed by atoms with Gasteiger partial charge in [-0.3, -0.25) is 0 Å². The van der Waals surface area contributed by atoms with E-state index in [9.17, 15) is 9.50 Å². The number of aliphatic hydroxyl groups excluding tert-OH is 1. The van der Waals surface area contributed by atoms with E-state index >= 15 is 0 Å². The van der Waals surface area contributed by atoms with Crippen LogP contribution in [0.15, 0.2) is 24.3 Å². The lowest BCUT2D eigenvalue weighted by Gasteiger charge is -2.08. The van der Waals surface area contributed by atoms with Crippen LogP contribution in [0.3, 0.4) is 0 Å². The molecule has 2 nitrogen and oxygen atoms in total. The largest absolute Gasteiger partial charge is 0.494 e. The summed E-state index contributed by atoms with van der Waals surface area (Å²) in [5.74, 6) is -0.104. The van der Waals surface area contributed by atoms with Gasteiger partial charge in [-0.1, -0.05) is 18.6 Å². The molecule has 0 fully saturated rings. The Morgan fingerprint density at radius 1 is 1.35 bits per heavy atom. The fourth-order valence-corrected chi connectivity index (χ4v) is 2.17. The first-order valence-corrected chi connectivity index (χ1v) is 5.93. The molecule has 0 amide bonds. The van der Waals surface area contributed by atoms with Crippen LogP contribution in [0.25, 0.3) is 5.57 Å². The fraction of sp³-hybridized carbons (Fsp3) is 0.429. The van der Waals surface area contributed by atoms with Gasteiger partial charge in [0.15, 0.2) is 11.6 Å². The third kappa shape index (κ3) is 2.86. The third-order valence-corrected chi connectivity index (χ3v) is 3.11. The van der Waals surface area contributed by atoms with Gasteiger partial charge in [-0.2, -0.15) is 0 Å². The molecule has 1 aliphatic rings. The van der Waals surface area contributed by atoms with Crippen molar-refractivity contribution in [2.45, 2.75) is 31.8 Å². The predicted octanol–water partition coefficient (Wildman–Crippen LogP) is 3.15. The van der Waals surface area contributed by atoms with Crippen molar-refractivity contribution in [2.24, 2.45) is 0 Å². The molecule has 0 saturated heterocycles. The van der Waals surface area contributed by atoms with E-state index in [1.165, 1.54) is 13.2 Å². The zero-order valence-corrected chi connectivity index (χ0v) is 9.95. The number of halogens is 1. The molecule has 0 heterocycles. The Balaban J connectivity index is 2.29. The monoisotopic (exact) mass is 236 g/mol. The Kier molecular flexibility index (Phi) is 3.79. The zero-order valence-electron chi connectivity index (χ0n) is 9.95. The van der Waals surface area contributed by atoms with Crippen molar-refractivity contribution in [3.63, 3.8) is 0 Å². The van der Waals surface area contributed by atoms with E-state index in [4.69, 9.17) is 4.74 Å². The molecule has 0 bridgehead atoms. The summed E-state index contributed by atoms with van der Waals surface area (Å²) in [6.45, 7) is 0. The maximum Gasteiger partial charge on any atom is 0.165 e. The van der Waals surface area contributed by atoms with Gasteiger partial charge in [-0.25, -0.2) is 4.39 Å². The van der Waals surface area contributed by atoms with Gasteiger partial charge in [0.05, 0.1) is 13.2 Å². The lowest BCUT2D eigenvalue weighted by molar-refractivity contribution is 0.211. The summed E-state index contributed by atoms with van der Waals surface area (Å²) in [4.78, 5) is 0. The van der Waals surface area contributed by atoms with Crippen molar-refractivity contribution in [1.82, 2.24) is 0 Å². The topological polar surface area (TPSA) is 29.5 Å². The molecule has 1 unspecified atom stereocenters. The summed E-state index contributed by atoms with van der Waals surface area (Å²) in [6, 6.07) is 4.94. The predicted molar refractivity (Wildman–Crippen MR) is 65.4 cm³/mol. The van der Waals surface area contributed by atoms with Crippen LogP contribution in [0.5, 0.6) is 5.75 Å². The van der Waals surface area contributed by atoms with Gasteiger partial charge in [-0.05, 0) is 42.5 Å². The number of hydrogen-bond acceptors (Lipinski definition) is 2. The van der Waals surface area contributed by atoms with Crippen LogP contribution in [0.2, 0.25) is 0 Å². The molecule has 0 aromatic heterocycles.